The van der Waals surface area contributed by atoms with E-state index in [1.165, 1.54) is 12.5 Å². The largest absolute Gasteiger partial charge is 0.480 e. The van der Waals surface area contributed by atoms with Crippen LogP contribution in [0.1, 0.15) is 24.5 Å². The smallest absolute Gasteiger partial charge is 0.328 e. The molecule has 0 aliphatic heterocycles. The number of aryl methyl sites for hydroxylation is 1. The van der Waals surface area contributed by atoms with Gasteiger partial charge in [-0.15, -0.1) is 0 Å². The average Bonchev–Trinajstić information content (AvgIpc) is 2.43. The summed E-state index contributed by atoms with van der Waals surface area (Å²) in [6.07, 6.45) is 1.02. The lowest BCUT2D eigenvalue weighted by Gasteiger charge is -2.26. The zero-order valence-electron chi connectivity index (χ0n) is 11.4. The molecule has 0 fully saturated rings. The summed E-state index contributed by atoms with van der Waals surface area (Å²) in [5.74, 6) is -1.75. The van der Waals surface area contributed by atoms with Crippen LogP contribution in [0.2, 0.25) is 0 Å². The van der Waals surface area contributed by atoms with Crippen LogP contribution in [0, 0.1) is 5.92 Å². The van der Waals surface area contributed by atoms with E-state index in [-0.39, 0.29) is 11.8 Å². The lowest BCUT2D eigenvalue weighted by atomic mass is 9.83. The van der Waals surface area contributed by atoms with Gasteiger partial charge in [0.05, 0.1) is 6.10 Å². The molecule has 0 heterocycles. The van der Waals surface area contributed by atoms with E-state index in [1.807, 2.05) is 18.2 Å². The molecule has 0 aromatic heterocycles. The monoisotopic (exact) mass is 277 g/mol. The number of carboxylic acids is 1. The van der Waals surface area contributed by atoms with Crippen LogP contribution in [0.15, 0.2) is 24.3 Å². The molecule has 3 atom stereocenters. The van der Waals surface area contributed by atoms with Gasteiger partial charge in [0.15, 0.2) is 6.04 Å². The Morgan fingerprint density at radius 1 is 1.30 bits per heavy atom. The van der Waals surface area contributed by atoms with Gasteiger partial charge in [-0.05, 0) is 37.3 Å². The Bertz CT molecular complexity index is 512. The van der Waals surface area contributed by atoms with Gasteiger partial charge in [-0.3, -0.25) is 4.79 Å². The third-order valence-corrected chi connectivity index (χ3v) is 3.76. The quantitative estimate of drug-likeness (QED) is 0.757. The number of benzene rings is 1. The molecule has 5 nitrogen and oxygen atoms in total. The predicted octanol–water partition coefficient (Wildman–Crippen LogP) is 0.742. The minimum absolute atomic E-state index is 0.231. The van der Waals surface area contributed by atoms with Crippen LogP contribution < -0.4 is 5.32 Å². The van der Waals surface area contributed by atoms with Crippen LogP contribution >= 0.6 is 0 Å². The summed E-state index contributed by atoms with van der Waals surface area (Å²) in [6.45, 7) is 1.36. The molecule has 1 aliphatic rings. The number of aliphatic hydroxyl groups excluding tert-OH is 1. The van der Waals surface area contributed by atoms with Gasteiger partial charge in [-0.2, -0.15) is 0 Å². The van der Waals surface area contributed by atoms with Crippen molar-refractivity contribution in [2.24, 2.45) is 5.92 Å². The highest BCUT2D eigenvalue weighted by Gasteiger charge is 2.30. The number of rotatable bonds is 4. The Balaban J connectivity index is 2.03. The van der Waals surface area contributed by atoms with Crippen molar-refractivity contribution in [3.05, 3.63) is 35.4 Å². The first kappa shape index (κ1) is 14.5. The summed E-state index contributed by atoms with van der Waals surface area (Å²) in [4.78, 5) is 23.1. The van der Waals surface area contributed by atoms with Crippen molar-refractivity contribution in [1.82, 2.24) is 5.32 Å². The lowest BCUT2D eigenvalue weighted by Crippen LogP contribution is -2.50. The van der Waals surface area contributed by atoms with Gasteiger partial charge in [0.25, 0.3) is 0 Å². The zero-order chi connectivity index (χ0) is 14.7. The van der Waals surface area contributed by atoms with E-state index in [0.717, 1.165) is 12.0 Å². The van der Waals surface area contributed by atoms with Gasteiger partial charge in [0.2, 0.25) is 5.91 Å². The molecule has 108 valence electrons. The molecule has 1 aliphatic carbocycles. The van der Waals surface area contributed by atoms with Gasteiger partial charge in [0, 0.05) is 5.92 Å². The molecule has 0 saturated heterocycles. The fraction of sp³-hybridized carbons (Fsp3) is 0.467. The number of carbonyl (C=O) groups excluding carboxylic acids is 1. The molecule has 1 aromatic rings. The van der Waals surface area contributed by atoms with Crippen molar-refractivity contribution in [3.63, 3.8) is 0 Å². The maximum Gasteiger partial charge on any atom is 0.328 e. The molecule has 1 amide bonds. The minimum Gasteiger partial charge on any atom is -0.480 e. The van der Waals surface area contributed by atoms with Crippen LogP contribution in [-0.4, -0.2) is 34.2 Å². The molecule has 3 N–H and O–H groups in total. The highest BCUT2D eigenvalue weighted by molar-refractivity contribution is 5.85. The molecule has 20 heavy (non-hydrogen) atoms. The fourth-order valence-electron chi connectivity index (χ4n) is 2.58. The number of amides is 1. The molecule has 5 heteroatoms. The molecule has 0 spiro atoms. The van der Waals surface area contributed by atoms with E-state index in [0.29, 0.717) is 12.8 Å². The van der Waals surface area contributed by atoms with Gasteiger partial charge in [-0.1, -0.05) is 24.3 Å². The van der Waals surface area contributed by atoms with Crippen LogP contribution in [-0.2, 0) is 22.4 Å². The summed E-state index contributed by atoms with van der Waals surface area (Å²) >= 11 is 0. The SMILES string of the molecule is C[C@@H](O)[C@H](NC(=O)C1CCc2ccccc2C1)C(=O)O. The molecule has 0 saturated carbocycles. The Hall–Kier alpha value is -1.88. The van der Waals surface area contributed by atoms with E-state index in [4.69, 9.17) is 5.11 Å². The standard InChI is InChI=1S/C15H19NO4/c1-9(17)13(15(19)20)16-14(18)12-7-6-10-4-2-3-5-11(10)8-12/h2-5,9,12-13,17H,6-8H2,1H3,(H,16,18)(H,19,20)/t9-,12?,13+/m1/s1. The Kier molecular flexibility index (Phi) is 4.39. The van der Waals surface area contributed by atoms with Crippen LogP contribution in [0.5, 0.6) is 0 Å². The molecule has 0 bridgehead atoms. The van der Waals surface area contributed by atoms with Crippen LogP contribution in [0.25, 0.3) is 0 Å². The number of aliphatic hydroxyl groups is 1. The second kappa shape index (κ2) is 6.05. The number of hydrogen-bond acceptors (Lipinski definition) is 3. The Labute approximate surface area is 117 Å². The van der Waals surface area contributed by atoms with Gasteiger partial charge in [-0.25, -0.2) is 4.79 Å². The highest BCUT2D eigenvalue weighted by Crippen LogP contribution is 2.25. The van der Waals surface area contributed by atoms with Crippen molar-refractivity contribution in [3.8, 4) is 0 Å². The third kappa shape index (κ3) is 3.17. The topological polar surface area (TPSA) is 86.6 Å². The number of nitrogens with one attached hydrogen (secondary N) is 1. The van der Waals surface area contributed by atoms with Crippen molar-refractivity contribution in [1.29, 1.82) is 0 Å². The highest BCUT2D eigenvalue weighted by atomic mass is 16.4. The van der Waals surface area contributed by atoms with Gasteiger partial charge >= 0.3 is 5.97 Å². The first-order valence-electron chi connectivity index (χ1n) is 6.77. The maximum atomic E-state index is 12.1. The molecular weight excluding hydrogens is 258 g/mol. The zero-order valence-corrected chi connectivity index (χ0v) is 11.4. The van der Waals surface area contributed by atoms with Crippen molar-refractivity contribution < 1.29 is 19.8 Å². The molecule has 1 aromatic carbocycles. The molecule has 0 radical (unpaired) electrons. The predicted molar refractivity (Wildman–Crippen MR) is 73.2 cm³/mol. The molecule has 2 rings (SSSR count). The Morgan fingerprint density at radius 2 is 1.95 bits per heavy atom. The fourth-order valence-corrected chi connectivity index (χ4v) is 2.58. The summed E-state index contributed by atoms with van der Waals surface area (Å²) < 4.78 is 0. The van der Waals surface area contributed by atoms with Gasteiger partial charge in [0.1, 0.15) is 0 Å². The van der Waals surface area contributed by atoms with E-state index in [2.05, 4.69) is 11.4 Å². The molecular formula is C15H19NO4. The van der Waals surface area contributed by atoms with Crippen LogP contribution in [0.3, 0.4) is 0 Å². The second-order valence-electron chi connectivity index (χ2n) is 5.27. The lowest BCUT2D eigenvalue weighted by molar-refractivity contribution is -0.145. The van der Waals surface area contributed by atoms with Crippen molar-refractivity contribution in [2.45, 2.75) is 38.3 Å². The van der Waals surface area contributed by atoms with Gasteiger partial charge < -0.3 is 15.5 Å². The first-order valence-corrected chi connectivity index (χ1v) is 6.77. The number of carboxylic acid groups (broad SMARTS) is 1. The maximum absolute atomic E-state index is 12.1. The number of carbonyl (C=O) groups is 2. The number of hydrogen-bond donors (Lipinski definition) is 3. The summed E-state index contributed by atoms with van der Waals surface area (Å²) in [7, 11) is 0. The van der Waals surface area contributed by atoms with Crippen LogP contribution in [0.4, 0.5) is 0 Å². The van der Waals surface area contributed by atoms with E-state index >= 15 is 0 Å². The second-order valence-corrected chi connectivity index (χ2v) is 5.27. The first-order chi connectivity index (χ1) is 9.49. The molecule has 1 unspecified atom stereocenters. The number of aliphatic carboxylic acids is 1. The Morgan fingerprint density at radius 3 is 2.55 bits per heavy atom. The van der Waals surface area contributed by atoms with E-state index in [9.17, 15) is 14.7 Å². The minimum atomic E-state index is -1.25. The average molecular weight is 277 g/mol. The summed E-state index contributed by atoms with van der Waals surface area (Å²) in [6, 6.07) is 6.72. The normalized spacial score (nSPS) is 20.6. The van der Waals surface area contributed by atoms with Crippen molar-refractivity contribution in [2.75, 3.05) is 0 Å². The van der Waals surface area contributed by atoms with E-state index < -0.39 is 18.1 Å². The van der Waals surface area contributed by atoms with E-state index in [1.54, 1.807) is 0 Å². The summed E-state index contributed by atoms with van der Waals surface area (Å²) in [5, 5.41) is 20.8. The third-order valence-electron chi connectivity index (χ3n) is 3.76. The number of fused-ring (bicyclic) bond motifs is 1. The summed E-state index contributed by atoms with van der Waals surface area (Å²) in [5.41, 5.74) is 2.39. The van der Waals surface area contributed by atoms with Crippen molar-refractivity contribution >= 4 is 11.9 Å².